The third kappa shape index (κ3) is 3.56. The Labute approximate surface area is 148 Å². The first-order valence-electron chi connectivity index (χ1n) is 6.77. The van der Waals surface area contributed by atoms with Gasteiger partial charge >= 0.3 is 0 Å². The minimum absolute atomic E-state index is 0.203. The number of halogens is 3. The molecule has 0 atom stereocenters. The summed E-state index contributed by atoms with van der Waals surface area (Å²) in [6.45, 7) is 0. The van der Waals surface area contributed by atoms with Gasteiger partial charge in [0.15, 0.2) is 0 Å². The van der Waals surface area contributed by atoms with E-state index in [0.29, 0.717) is 15.7 Å². The van der Waals surface area contributed by atoms with Gasteiger partial charge in [0.2, 0.25) is 0 Å². The molecule has 0 aliphatic heterocycles. The summed E-state index contributed by atoms with van der Waals surface area (Å²) < 4.78 is 0. The maximum atomic E-state index is 11.4. The second-order valence-electron chi connectivity index (χ2n) is 4.88. The van der Waals surface area contributed by atoms with Crippen molar-refractivity contribution in [2.24, 2.45) is 0 Å². The first-order chi connectivity index (χ1) is 11.0. The Bertz CT molecular complexity index is 858. The van der Waals surface area contributed by atoms with E-state index >= 15 is 0 Å². The van der Waals surface area contributed by atoms with E-state index in [9.17, 15) is 4.79 Å². The molecule has 23 heavy (non-hydrogen) atoms. The van der Waals surface area contributed by atoms with Gasteiger partial charge in [-0.2, -0.15) is 0 Å². The minimum atomic E-state index is -0.595. The Morgan fingerprint density at radius 2 is 1.26 bits per heavy atom. The molecule has 0 aliphatic rings. The van der Waals surface area contributed by atoms with Crippen molar-refractivity contribution >= 4 is 40.0 Å². The molecule has 0 radical (unpaired) electrons. The van der Waals surface area contributed by atoms with E-state index in [1.807, 2.05) is 42.5 Å². The highest BCUT2D eigenvalue weighted by molar-refractivity contribution is 6.67. The molecule has 3 aromatic rings. The maximum absolute atomic E-state index is 11.4. The van der Waals surface area contributed by atoms with Crippen molar-refractivity contribution in [1.29, 1.82) is 0 Å². The molecule has 114 valence electrons. The zero-order chi connectivity index (χ0) is 16.4. The second kappa shape index (κ2) is 6.71. The van der Waals surface area contributed by atoms with Crippen LogP contribution in [0, 0.1) is 0 Å². The number of carbonyl (C=O) groups excluding carboxylic acids is 1. The van der Waals surface area contributed by atoms with E-state index in [-0.39, 0.29) is 5.69 Å². The van der Waals surface area contributed by atoms with E-state index in [4.69, 9.17) is 34.8 Å². The second-order valence-corrected chi connectivity index (χ2v) is 6.10. The van der Waals surface area contributed by atoms with Crippen molar-refractivity contribution < 1.29 is 4.79 Å². The predicted octanol–water partition coefficient (Wildman–Crippen LogP) is 6.10. The maximum Gasteiger partial charge on any atom is 0.270 e. The zero-order valence-corrected chi connectivity index (χ0v) is 14.0. The molecule has 0 amide bonds. The molecule has 5 heteroatoms. The molecule has 0 saturated carbocycles. The molecule has 0 saturated heterocycles. The molecule has 0 unspecified atom stereocenters. The molecule has 0 spiro atoms. The summed E-state index contributed by atoms with van der Waals surface area (Å²) in [5.41, 5.74) is 3.54. The summed E-state index contributed by atoms with van der Waals surface area (Å²) in [5.74, 6) is 0. The molecular formula is C18H10Cl3NO. The van der Waals surface area contributed by atoms with E-state index in [1.54, 1.807) is 18.2 Å². The van der Waals surface area contributed by atoms with E-state index in [2.05, 4.69) is 4.98 Å². The van der Waals surface area contributed by atoms with Gasteiger partial charge in [0.25, 0.3) is 5.24 Å². The van der Waals surface area contributed by atoms with Crippen molar-refractivity contribution in [3.63, 3.8) is 0 Å². The standard InChI is InChI=1S/C18H10Cl3NO/c19-13-5-1-11(2-6-13)15-9-10-16(18(21)23)22-17(15)12-3-7-14(20)8-4-12/h1-10H. The van der Waals surface area contributed by atoms with E-state index in [0.717, 1.165) is 16.7 Å². The van der Waals surface area contributed by atoms with Gasteiger partial charge in [0.05, 0.1) is 5.69 Å². The third-order valence-electron chi connectivity index (χ3n) is 3.37. The molecule has 0 N–H and O–H groups in total. The topological polar surface area (TPSA) is 30.0 Å². The molecule has 0 bridgehead atoms. The van der Waals surface area contributed by atoms with Crippen molar-refractivity contribution in [3.8, 4) is 22.4 Å². The monoisotopic (exact) mass is 361 g/mol. The number of hydrogen-bond acceptors (Lipinski definition) is 2. The Morgan fingerprint density at radius 3 is 1.78 bits per heavy atom. The van der Waals surface area contributed by atoms with Crippen LogP contribution in [0.1, 0.15) is 10.5 Å². The van der Waals surface area contributed by atoms with Gasteiger partial charge in [-0.05, 0) is 53.6 Å². The summed E-state index contributed by atoms with van der Waals surface area (Å²) in [7, 11) is 0. The fourth-order valence-corrected chi connectivity index (χ4v) is 2.62. The predicted molar refractivity (Wildman–Crippen MR) is 95.3 cm³/mol. The average molecular weight is 363 g/mol. The van der Waals surface area contributed by atoms with Gasteiger partial charge in [-0.15, -0.1) is 0 Å². The Morgan fingerprint density at radius 1 is 0.739 bits per heavy atom. The SMILES string of the molecule is O=C(Cl)c1ccc(-c2ccc(Cl)cc2)c(-c2ccc(Cl)cc2)n1. The summed E-state index contributed by atoms with van der Waals surface area (Å²) >= 11 is 17.5. The normalized spacial score (nSPS) is 10.6. The molecule has 2 aromatic carbocycles. The quantitative estimate of drug-likeness (QED) is 0.527. The fourth-order valence-electron chi connectivity index (χ4n) is 2.26. The molecule has 0 fully saturated rings. The van der Waals surface area contributed by atoms with Crippen LogP contribution in [0.4, 0.5) is 0 Å². The van der Waals surface area contributed by atoms with Crippen LogP contribution in [-0.4, -0.2) is 10.2 Å². The summed E-state index contributed by atoms with van der Waals surface area (Å²) in [6.07, 6.45) is 0. The molecule has 2 nitrogen and oxygen atoms in total. The van der Waals surface area contributed by atoms with Crippen molar-refractivity contribution in [1.82, 2.24) is 4.98 Å². The number of aromatic nitrogens is 1. The Balaban J connectivity index is 2.20. The van der Waals surface area contributed by atoms with Crippen molar-refractivity contribution in [2.45, 2.75) is 0 Å². The highest BCUT2D eigenvalue weighted by Crippen LogP contribution is 2.32. The molecule has 1 heterocycles. The minimum Gasteiger partial charge on any atom is -0.274 e. The van der Waals surface area contributed by atoms with Gasteiger partial charge in [0, 0.05) is 21.2 Å². The van der Waals surface area contributed by atoms with E-state index in [1.165, 1.54) is 0 Å². The van der Waals surface area contributed by atoms with Crippen LogP contribution in [0.25, 0.3) is 22.4 Å². The first-order valence-corrected chi connectivity index (χ1v) is 7.91. The summed E-state index contributed by atoms with van der Waals surface area (Å²) in [5, 5.41) is 0.691. The number of pyridine rings is 1. The Hall–Kier alpha value is -1.87. The van der Waals surface area contributed by atoms with E-state index < -0.39 is 5.24 Å². The number of rotatable bonds is 3. The number of carbonyl (C=O) groups is 1. The van der Waals surface area contributed by atoms with Gasteiger partial charge in [-0.1, -0.05) is 47.5 Å². The smallest absolute Gasteiger partial charge is 0.270 e. The highest BCUT2D eigenvalue weighted by Gasteiger charge is 2.13. The lowest BCUT2D eigenvalue weighted by Crippen LogP contribution is -1.98. The van der Waals surface area contributed by atoms with Crippen molar-refractivity contribution in [2.75, 3.05) is 0 Å². The lowest BCUT2D eigenvalue weighted by molar-refractivity contribution is 0.107. The molecular weight excluding hydrogens is 353 g/mol. The van der Waals surface area contributed by atoms with Crippen molar-refractivity contribution in [3.05, 3.63) is 76.4 Å². The van der Waals surface area contributed by atoms with Crippen LogP contribution in [0.3, 0.4) is 0 Å². The molecule has 0 aliphatic carbocycles. The first kappa shape index (κ1) is 16.0. The van der Waals surface area contributed by atoms with Gasteiger partial charge in [-0.25, -0.2) is 4.98 Å². The van der Waals surface area contributed by atoms with Gasteiger partial charge in [0.1, 0.15) is 5.69 Å². The molecule has 1 aromatic heterocycles. The fraction of sp³-hybridized carbons (Fsp3) is 0. The summed E-state index contributed by atoms with van der Waals surface area (Å²) in [4.78, 5) is 15.9. The zero-order valence-electron chi connectivity index (χ0n) is 11.8. The lowest BCUT2D eigenvalue weighted by Gasteiger charge is -2.11. The van der Waals surface area contributed by atoms with Crippen LogP contribution in [-0.2, 0) is 0 Å². The third-order valence-corrected chi connectivity index (χ3v) is 4.07. The van der Waals surface area contributed by atoms with Gasteiger partial charge < -0.3 is 0 Å². The summed E-state index contributed by atoms with van der Waals surface area (Å²) in [6, 6.07) is 18.1. The number of benzene rings is 2. The van der Waals surface area contributed by atoms with Crippen LogP contribution < -0.4 is 0 Å². The highest BCUT2D eigenvalue weighted by atomic mass is 35.5. The number of nitrogens with zero attached hydrogens (tertiary/aromatic N) is 1. The van der Waals surface area contributed by atoms with Gasteiger partial charge in [-0.3, -0.25) is 4.79 Å². The number of hydrogen-bond donors (Lipinski definition) is 0. The Kier molecular flexibility index (Phi) is 4.67. The van der Waals surface area contributed by atoms with Crippen LogP contribution in [0.5, 0.6) is 0 Å². The average Bonchev–Trinajstić information content (AvgIpc) is 2.56. The van der Waals surface area contributed by atoms with Crippen LogP contribution in [0.15, 0.2) is 60.7 Å². The van der Waals surface area contributed by atoms with Crippen LogP contribution >= 0.6 is 34.8 Å². The van der Waals surface area contributed by atoms with Crippen LogP contribution in [0.2, 0.25) is 10.0 Å². The largest absolute Gasteiger partial charge is 0.274 e. The lowest BCUT2D eigenvalue weighted by atomic mass is 9.99. The molecule has 3 rings (SSSR count).